The molecule has 17 heavy (non-hydrogen) atoms. The van der Waals surface area contributed by atoms with Gasteiger partial charge in [-0.2, -0.15) is 8.78 Å². The predicted octanol–water partition coefficient (Wildman–Crippen LogP) is 2.96. The molecule has 0 N–H and O–H groups in total. The molecule has 0 unspecified atom stereocenters. The van der Waals surface area contributed by atoms with Crippen molar-refractivity contribution in [2.24, 2.45) is 0 Å². The molecular weight excluding hydrogens is 250 g/mol. The molecule has 2 rings (SSSR count). The van der Waals surface area contributed by atoms with E-state index in [1.165, 1.54) is 0 Å². The molecular formula is C11H7ClF2N2O. The second-order valence-electron chi connectivity index (χ2n) is 3.30. The summed E-state index contributed by atoms with van der Waals surface area (Å²) in [6.45, 7) is -2.88. The average Bonchev–Trinajstić information content (AvgIpc) is 2.29. The molecule has 0 spiro atoms. The van der Waals surface area contributed by atoms with E-state index in [9.17, 15) is 13.6 Å². The fourth-order valence-corrected chi connectivity index (χ4v) is 1.46. The van der Waals surface area contributed by atoms with E-state index in [1.54, 1.807) is 24.3 Å². The van der Waals surface area contributed by atoms with Crippen molar-refractivity contribution in [3.05, 3.63) is 52.0 Å². The lowest BCUT2D eigenvalue weighted by molar-refractivity contribution is 0.0652. The number of benzene rings is 1. The summed E-state index contributed by atoms with van der Waals surface area (Å²) in [5.41, 5.74) is 0.191. The molecule has 0 saturated heterocycles. The van der Waals surface area contributed by atoms with E-state index in [-0.39, 0.29) is 4.57 Å². The number of alkyl halides is 2. The van der Waals surface area contributed by atoms with Crippen LogP contribution in [0.2, 0.25) is 5.02 Å². The summed E-state index contributed by atoms with van der Waals surface area (Å²) in [6.07, 6.45) is 0.830. The molecule has 1 aromatic heterocycles. The molecule has 3 nitrogen and oxygen atoms in total. The van der Waals surface area contributed by atoms with E-state index in [0.29, 0.717) is 16.3 Å². The van der Waals surface area contributed by atoms with E-state index in [4.69, 9.17) is 11.6 Å². The second kappa shape index (κ2) is 4.63. The Morgan fingerprint density at radius 2 is 1.88 bits per heavy atom. The zero-order valence-corrected chi connectivity index (χ0v) is 9.23. The first-order valence-corrected chi connectivity index (χ1v) is 5.08. The van der Waals surface area contributed by atoms with Gasteiger partial charge in [0.1, 0.15) is 6.33 Å². The van der Waals surface area contributed by atoms with Gasteiger partial charge in [-0.15, -0.1) is 0 Å². The van der Waals surface area contributed by atoms with Crippen molar-refractivity contribution in [3.8, 4) is 11.3 Å². The van der Waals surface area contributed by atoms with Gasteiger partial charge in [0.2, 0.25) is 0 Å². The first-order chi connectivity index (χ1) is 8.08. The third-order valence-electron chi connectivity index (χ3n) is 2.19. The molecule has 0 aliphatic heterocycles. The van der Waals surface area contributed by atoms with Crippen molar-refractivity contribution in [2.75, 3.05) is 0 Å². The van der Waals surface area contributed by atoms with Crippen molar-refractivity contribution < 1.29 is 8.78 Å². The quantitative estimate of drug-likeness (QED) is 0.828. The van der Waals surface area contributed by atoms with Gasteiger partial charge in [-0.25, -0.2) is 9.55 Å². The topological polar surface area (TPSA) is 34.9 Å². The Morgan fingerprint density at radius 3 is 2.41 bits per heavy atom. The Hall–Kier alpha value is -1.75. The molecule has 0 aliphatic rings. The minimum Gasteiger partial charge on any atom is -0.269 e. The van der Waals surface area contributed by atoms with Crippen LogP contribution in [0, 0.1) is 0 Å². The van der Waals surface area contributed by atoms with Crippen molar-refractivity contribution >= 4 is 11.6 Å². The third kappa shape index (κ3) is 2.50. The van der Waals surface area contributed by atoms with E-state index in [1.807, 2.05) is 0 Å². The van der Waals surface area contributed by atoms with Crippen LogP contribution in [0.4, 0.5) is 8.78 Å². The first kappa shape index (κ1) is 11.7. The van der Waals surface area contributed by atoms with Gasteiger partial charge in [0.15, 0.2) is 0 Å². The molecule has 0 saturated carbocycles. The molecule has 0 fully saturated rings. The first-order valence-electron chi connectivity index (χ1n) is 4.70. The van der Waals surface area contributed by atoms with E-state index < -0.39 is 12.1 Å². The van der Waals surface area contributed by atoms with Gasteiger partial charge >= 0.3 is 6.55 Å². The lowest BCUT2D eigenvalue weighted by atomic mass is 10.1. The van der Waals surface area contributed by atoms with Gasteiger partial charge in [-0.05, 0) is 12.1 Å². The fraction of sp³-hybridized carbons (Fsp3) is 0.0909. The van der Waals surface area contributed by atoms with Crippen molar-refractivity contribution in [2.45, 2.75) is 6.55 Å². The van der Waals surface area contributed by atoms with E-state index in [2.05, 4.69) is 4.98 Å². The summed E-state index contributed by atoms with van der Waals surface area (Å²) in [5, 5.41) is 0.551. The minimum absolute atomic E-state index is 0.263. The Morgan fingerprint density at radius 1 is 1.24 bits per heavy atom. The monoisotopic (exact) mass is 256 g/mol. The number of hydrogen-bond acceptors (Lipinski definition) is 2. The Balaban J connectivity index is 2.45. The summed E-state index contributed by atoms with van der Waals surface area (Å²) in [4.78, 5) is 15.1. The molecule has 0 radical (unpaired) electrons. The van der Waals surface area contributed by atoms with Crippen molar-refractivity contribution in [1.29, 1.82) is 0 Å². The molecule has 0 bridgehead atoms. The van der Waals surface area contributed by atoms with Crippen LogP contribution in [0.1, 0.15) is 6.55 Å². The maximum atomic E-state index is 12.3. The molecule has 88 valence electrons. The lowest BCUT2D eigenvalue weighted by Gasteiger charge is -2.04. The number of nitrogens with zero attached hydrogens (tertiary/aromatic N) is 2. The van der Waals surface area contributed by atoms with Crippen LogP contribution < -0.4 is 5.56 Å². The Kier molecular flexibility index (Phi) is 3.19. The second-order valence-corrected chi connectivity index (χ2v) is 3.74. The molecule has 0 atom stereocenters. The van der Waals surface area contributed by atoms with Crippen LogP contribution in [0.15, 0.2) is 41.5 Å². The summed E-state index contributed by atoms with van der Waals surface area (Å²) in [6, 6.07) is 7.66. The van der Waals surface area contributed by atoms with Crippen LogP contribution in [0.25, 0.3) is 11.3 Å². The van der Waals surface area contributed by atoms with Crippen LogP contribution in [-0.4, -0.2) is 9.55 Å². The number of rotatable bonds is 2. The normalized spacial score (nSPS) is 10.8. The summed E-state index contributed by atoms with van der Waals surface area (Å²) in [5.74, 6) is 0. The van der Waals surface area contributed by atoms with Gasteiger partial charge in [0.25, 0.3) is 5.56 Å². The maximum Gasteiger partial charge on any atom is 0.322 e. The van der Waals surface area contributed by atoms with Crippen molar-refractivity contribution in [3.63, 3.8) is 0 Å². The minimum atomic E-state index is -2.88. The molecule has 1 heterocycles. The third-order valence-corrected chi connectivity index (χ3v) is 2.44. The zero-order valence-electron chi connectivity index (χ0n) is 8.48. The number of aromatic nitrogens is 2. The van der Waals surface area contributed by atoms with Crippen LogP contribution in [0.3, 0.4) is 0 Å². The fourth-order valence-electron chi connectivity index (χ4n) is 1.34. The van der Waals surface area contributed by atoms with E-state index in [0.717, 1.165) is 12.4 Å². The maximum absolute atomic E-state index is 12.3. The molecule has 2 aromatic rings. The summed E-state index contributed by atoms with van der Waals surface area (Å²) >= 11 is 5.71. The largest absolute Gasteiger partial charge is 0.322 e. The Labute approximate surface area is 100 Å². The van der Waals surface area contributed by atoms with Crippen LogP contribution in [-0.2, 0) is 0 Å². The van der Waals surface area contributed by atoms with Crippen LogP contribution in [0.5, 0.6) is 0 Å². The zero-order chi connectivity index (χ0) is 12.4. The predicted molar refractivity (Wildman–Crippen MR) is 60.2 cm³/mol. The lowest BCUT2D eigenvalue weighted by Crippen LogP contribution is -2.20. The summed E-state index contributed by atoms with van der Waals surface area (Å²) in [7, 11) is 0. The summed E-state index contributed by atoms with van der Waals surface area (Å²) < 4.78 is 24.9. The van der Waals surface area contributed by atoms with E-state index >= 15 is 0 Å². The van der Waals surface area contributed by atoms with Gasteiger partial charge in [0, 0.05) is 16.7 Å². The van der Waals surface area contributed by atoms with Crippen LogP contribution >= 0.6 is 11.6 Å². The number of hydrogen-bond donors (Lipinski definition) is 0. The highest BCUT2D eigenvalue weighted by Gasteiger charge is 2.09. The van der Waals surface area contributed by atoms with Gasteiger partial charge in [-0.1, -0.05) is 23.7 Å². The Bertz CT molecular complexity index is 581. The molecule has 0 amide bonds. The number of halogens is 3. The van der Waals surface area contributed by atoms with Gasteiger partial charge < -0.3 is 0 Å². The average molecular weight is 257 g/mol. The smallest absolute Gasteiger partial charge is 0.269 e. The standard InChI is InChI=1S/C11H7ClF2N2O/c12-8-3-1-7(2-4-8)9-5-10(17)16(6-15-9)11(13)14/h1-6,11H. The molecule has 1 aromatic carbocycles. The SMILES string of the molecule is O=c1cc(-c2ccc(Cl)cc2)ncn1C(F)F. The highest BCUT2D eigenvalue weighted by molar-refractivity contribution is 6.30. The highest BCUT2D eigenvalue weighted by Crippen LogP contribution is 2.18. The van der Waals surface area contributed by atoms with Crippen molar-refractivity contribution in [1.82, 2.24) is 9.55 Å². The van der Waals surface area contributed by atoms with Gasteiger partial charge in [-0.3, -0.25) is 4.79 Å². The highest BCUT2D eigenvalue weighted by atomic mass is 35.5. The van der Waals surface area contributed by atoms with Gasteiger partial charge in [0.05, 0.1) is 5.69 Å². The molecule has 6 heteroatoms. The molecule has 0 aliphatic carbocycles.